The molecule has 0 aromatic carbocycles. The minimum Gasteiger partial charge on any atom is -0.456 e. The van der Waals surface area contributed by atoms with Crippen molar-refractivity contribution in [3.63, 3.8) is 0 Å². The number of hydrogen-bond acceptors (Lipinski definition) is 7. The molecule has 7 heteroatoms. The molecule has 1 aliphatic heterocycles. The largest absolute Gasteiger partial charge is 0.456 e. The fourth-order valence-corrected chi connectivity index (χ4v) is 2.47. The molecule has 0 aromatic heterocycles. The summed E-state index contributed by atoms with van der Waals surface area (Å²) in [4.78, 5) is 34.0. The molecule has 7 nitrogen and oxygen atoms in total. The van der Waals surface area contributed by atoms with Crippen LogP contribution >= 0.6 is 0 Å². The summed E-state index contributed by atoms with van der Waals surface area (Å²) in [5, 5.41) is 0. The van der Waals surface area contributed by atoms with Crippen LogP contribution in [0.3, 0.4) is 0 Å². The van der Waals surface area contributed by atoms with Crippen LogP contribution in [0.4, 0.5) is 0 Å². The van der Waals surface area contributed by atoms with Gasteiger partial charge in [0.05, 0.1) is 6.10 Å². The van der Waals surface area contributed by atoms with Crippen molar-refractivity contribution < 1.29 is 33.3 Å². The van der Waals surface area contributed by atoms with Crippen molar-refractivity contribution >= 4 is 17.9 Å². The lowest BCUT2D eigenvalue weighted by Crippen LogP contribution is -2.60. The van der Waals surface area contributed by atoms with Crippen molar-refractivity contribution in [2.75, 3.05) is 0 Å². The highest BCUT2D eigenvalue weighted by molar-refractivity contribution is 5.68. The first-order valence-electron chi connectivity index (χ1n) is 7.04. The van der Waals surface area contributed by atoms with Crippen LogP contribution in [0.5, 0.6) is 0 Å². The molecule has 0 spiro atoms. The molecule has 0 aliphatic carbocycles. The molecule has 1 saturated heterocycles. The fraction of sp³-hybridized carbons (Fsp3) is 0.667. The molecule has 22 heavy (non-hydrogen) atoms. The lowest BCUT2D eigenvalue weighted by molar-refractivity contribution is -0.242. The Balaban J connectivity index is 3.12. The van der Waals surface area contributed by atoms with Gasteiger partial charge in [-0.2, -0.15) is 0 Å². The summed E-state index contributed by atoms with van der Waals surface area (Å²) in [6, 6.07) is 0. The van der Waals surface area contributed by atoms with Gasteiger partial charge in [0.1, 0.15) is 6.10 Å². The second kappa shape index (κ2) is 7.93. The SMILES string of the molecule is C=CCC1O[C@@H](C)[C@@H](OC(C)=O)[C@@H](OC(C)=O)[C@@H]1OC(C)=O. The third-order valence-corrected chi connectivity index (χ3v) is 3.17. The van der Waals surface area contributed by atoms with Crippen LogP contribution in [0, 0.1) is 0 Å². The lowest BCUT2D eigenvalue weighted by atomic mass is 9.93. The molecule has 5 atom stereocenters. The van der Waals surface area contributed by atoms with E-state index >= 15 is 0 Å². The normalized spacial score (nSPS) is 31.0. The molecular weight excluding hydrogens is 292 g/mol. The maximum atomic E-state index is 11.4. The topological polar surface area (TPSA) is 88.1 Å². The predicted molar refractivity (Wildman–Crippen MR) is 75.8 cm³/mol. The summed E-state index contributed by atoms with van der Waals surface area (Å²) in [5.41, 5.74) is 0. The quantitative estimate of drug-likeness (QED) is 0.427. The number of hydrogen-bond donors (Lipinski definition) is 0. The van der Waals surface area contributed by atoms with E-state index in [9.17, 15) is 14.4 Å². The molecule has 124 valence electrons. The molecule has 1 rings (SSSR count). The van der Waals surface area contributed by atoms with Crippen LogP contribution < -0.4 is 0 Å². The second-order valence-electron chi connectivity index (χ2n) is 5.13. The summed E-state index contributed by atoms with van der Waals surface area (Å²) in [6.45, 7) is 9.06. The molecule has 0 radical (unpaired) electrons. The highest BCUT2D eigenvalue weighted by Gasteiger charge is 2.49. The number of carbonyl (C=O) groups is 3. The van der Waals surface area contributed by atoms with Gasteiger partial charge in [0.25, 0.3) is 0 Å². The Morgan fingerprint density at radius 3 is 1.86 bits per heavy atom. The molecule has 0 bridgehead atoms. The summed E-state index contributed by atoms with van der Waals surface area (Å²) in [7, 11) is 0. The van der Waals surface area contributed by atoms with Crippen LogP contribution in [0.25, 0.3) is 0 Å². The fourth-order valence-electron chi connectivity index (χ4n) is 2.47. The third kappa shape index (κ3) is 4.84. The Hall–Kier alpha value is -1.89. The van der Waals surface area contributed by atoms with E-state index in [0.29, 0.717) is 6.42 Å². The molecular formula is C15H22O7. The van der Waals surface area contributed by atoms with E-state index < -0.39 is 48.4 Å². The number of rotatable bonds is 5. The van der Waals surface area contributed by atoms with E-state index in [-0.39, 0.29) is 0 Å². The maximum absolute atomic E-state index is 11.4. The first-order valence-corrected chi connectivity index (χ1v) is 7.04. The average molecular weight is 314 g/mol. The van der Waals surface area contributed by atoms with E-state index in [1.807, 2.05) is 0 Å². The van der Waals surface area contributed by atoms with Gasteiger partial charge in [-0.3, -0.25) is 14.4 Å². The van der Waals surface area contributed by atoms with Crippen molar-refractivity contribution in [2.24, 2.45) is 0 Å². The standard InChI is InChI=1S/C15H22O7/c1-6-7-12-14(21-10(4)17)15(22-11(5)18)13(8(2)19-12)20-9(3)16/h6,8,12-15H,1,7H2,2-5H3/t8-,12?,13+,14+,15+/m0/s1. The van der Waals surface area contributed by atoms with Gasteiger partial charge in [-0.15, -0.1) is 6.58 Å². The first kappa shape index (κ1) is 18.2. The Bertz CT molecular complexity index is 445. The minimum absolute atomic E-state index is 0.396. The molecule has 0 N–H and O–H groups in total. The molecule has 0 saturated carbocycles. The van der Waals surface area contributed by atoms with E-state index in [4.69, 9.17) is 18.9 Å². The van der Waals surface area contributed by atoms with Crippen LogP contribution in [0.15, 0.2) is 12.7 Å². The third-order valence-electron chi connectivity index (χ3n) is 3.17. The van der Waals surface area contributed by atoms with Crippen molar-refractivity contribution in [3.8, 4) is 0 Å². The summed E-state index contributed by atoms with van der Waals surface area (Å²) in [5.74, 6) is -1.65. The Labute approximate surface area is 129 Å². The molecule has 1 unspecified atom stereocenters. The Morgan fingerprint density at radius 2 is 1.41 bits per heavy atom. The van der Waals surface area contributed by atoms with Gasteiger partial charge in [0.15, 0.2) is 18.3 Å². The Morgan fingerprint density at radius 1 is 0.955 bits per heavy atom. The van der Waals surface area contributed by atoms with Crippen LogP contribution in [-0.2, 0) is 33.3 Å². The van der Waals surface area contributed by atoms with Gasteiger partial charge in [-0.05, 0) is 13.3 Å². The molecule has 1 fully saturated rings. The predicted octanol–water partition coefficient (Wildman–Crippen LogP) is 1.14. The van der Waals surface area contributed by atoms with Gasteiger partial charge in [-0.25, -0.2) is 0 Å². The van der Waals surface area contributed by atoms with Gasteiger partial charge in [0.2, 0.25) is 0 Å². The highest BCUT2D eigenvalue weighted by atomic mass is 16.6. The zero-order chi connectivity index (χ0) is 16.9. The zero-order valence-corrected chi connectivity index (χ0v) is 13.2. The van der Waals surface area contributed by atoms with Gasteiger partial charge < -0.3 is 18.9 Å². The first-order chi connectivity index (χ1) is 10.3. The van der Waals surface area contributed by atoms with E-state index in [1.165, 1.54) is 20.8 Å². The second-order valence-corrected chi connectivity index (χ2v) is 5.13. The van der Waals surface area contributed by atoms with Crippen molar-refractivity contribution in [1.29, 1.82) is 0 Å². The smallest absolute Gasteiger partial charge is 0.303 e. The Kier molecular flexibility index (Phi) is 6.55. The molecule has 0 aromatic rings. The summed E-state index contributed by atoms with van der Waals surface area (Å²) >= 11 is 0. The monoisotopic (exact) mass is 314 g/mol. The number of carbonyl (C=O) groups excluding carboxylic acids is 3. The van der Waals surface area contributed by atoms with Crippen molar-refractivity contribution in [3.05, 3.63) is 12.7 Å². The van der Waals surface area contributed by atoms with Crippen LogP contribution in [0.1, 0.15) is 34.1 Å². The molecule has 1 aliphatic rings. The number of ether oxygens (including phenoxy) is 4. The van der Waals surface area contributed by atoms with Crippen LogP contribution in [-0.4, -0.2) is 48.4 Å². The van der Waals surface area contributed by atoms with E-state index in [0.717, 1.165) is 0 Å². The molecule has 1 heterocycles. The number of esters is 3. The highest BCUT2D eigenvalue weighted by Crippen LogP contribution is 2.30. The van der Waals surface area contributed by atoms with E-state index in [2.05, 4.69) is 6.58 Å². The summed E-state index contributed by atoms with van der Waals surface area (Å²) in [6.07, 6.45) is -1.71. The van der Waals surface area contributed by atoms with Crippen molar-refractivity contribution in [2.45, 2.75) is 64.6 Å². The van der Waals surface area contributed by atoms with Gasteiger partial charge >= 0.3 is 17.9 Å². The lowest BCUT2D eigenvalue weighted by Gasteiger charge is -2.43. The zero-order valence-electron chi connectivity index (χ0n) is 13.2. The van der Waals surface area contributed by atoms with Crippen LogP contribution in [0.2, 0.25) is 0 Å². The summed E-state index contributed by atoms with van der Waals surface area (Å²) < 4.78 is 21.5. The van der Waals surface area contributed by atoms with Crippen molar-refractivity contribution in [1.82, 2.24) is 0 Å². The minimum atomic E-state index is -0.931. The average Bonchev–Trinajstić information content (AvgIpc) is 2.37. The van der Waals surface area contributed by atoms with Gasteiger partial charge in [-0.1, -0.05) is 6.08 Å². The van der Waals surface area contributed by atoms with E-state index in [1.54, 1.807) is 13.0 Å². The maximum Gasteiger partial charge on any atom is 0.303 e. The van der Waals surface area contributed by atoms with Gasteiger partial charge in [0, 0.05) is 20.8 Å². The molecule has 0 amide bonds.